The lowest BCUT2D eigenvalue weighted by molar-refractivity contribution is -0.128. The SMILES string of the molecule is COC(=O)c1c(O)cccc1OCCCCNC(=O)[C@H](Cc1ccc(NC(=O)c2ncccc2O)cc1)NC(C)=O. The molecular formula is C29H32N4O8. The first kappa shape index (κ1) is 30.4. The van der Waals surface area contributed by atoms with Crippen molar-refractivity contribution in [3.63, 3.8) is 0 Å². The fraction of sp³-hybridized carbons (Fsp3) is 0.276. The number of methoxy groups -OCH3 is 1. The van der Waals surface area contributed by atoms with Gasteiger partial charge >= 0.3 is 5.97 Å². The second-order valence-corrected chi connectivity index (χ2v) is 8.97. The van der Waals surface area contributed by atoms with Crippen LogP contribution in [0.25, 0.3) is 0 Å². The summed E-state index contributed by atoms with van der Waals surface area (Å²) in [6.45, 7) is 1.89. The number of anilines is 1. The molecule has 5 N–H and O–H groups in total. The number of esters is 1. The minimum atomic E-state index is -0.815. The number of hydrogen-bond donors (Lipinski definition) is 5. The second-order valence-electron chi connectivity index (χ2n) is 8.97. The van der Waals surface area contributed by atoms with E-state index in [-0.39, 0.29) is 53.3 Å². The van der Waals surface area contributed by atoms with Gasteiger partial charge < -0.3 is 35.6 Å². The van der Waals surface area contributed by atoms with E-state index in [1.807, 2.05) is 0 Å². The van der Waals surface area contributed by atoms with Gasteiger partial charge in [0.05, 0.1) is 13.7 Å². The molecule has 2 aromatic carbocycles. The van der Waals surface area contributed by atoms with Crippen molar-refractivity contribution in [2.24, 2.45) is 0 Å². The lowest BCUT2D eigenvalue weighted by atomic mass is 10.0. The van der Waals surface area contributed by atoms with Crippen molar-refractivity contribution in [2.75, 3.05) is 25.6 Å². The number of aromatic nitrogens is 1. The minimum absolute atomic E-state index is 0.0515. The van der Waals surface area contributed by atoms with Gasteiger partial charge in [0, 0.05) is 31.8 Å². The molecule has 1 aromatic heterocycles. The third-order valence-corrected chi connectivity index (χ3v) is 5.87. The Morgan fingerprint density at radius 3 is 2.37 bits per heavy atom. The van der Waals surface area contributed by atoms with Gasteiger partial charge in [-0.1, -0.05) is 18.2 Å². The number of phenolic OH excluding ortho intramolecular Hbond substituents is 1. The molecule has 12 nitrogen and oxygen atoms in total. The van der Waals surface area contributed by atoms with E-state index in [2.05, 4.69) is 25.7 Å². The highest BCUT2D eigenvalue weighted by Crippen LogP contribution is 2.28. The summed E-state index contributed by atoms with van der Waals surface area (Å²) >= 11 is 0. The molecule has 0 aliphatic heterocycles. The Labute approximate surface area is 236 Å². The molecule has 0 aliphatic rings. The van der Waals surface area contributed by atoms with E-state index in [1.54, 1.807) is 36.4 Å². The van der Waals surface area contributed by atoms with Crippen molar-refractivity contribution in [3.8, 4) is 17.2 Å². The zero-order valence-electron chi connectivity index (χ0n) is 22.7. The van der Waals surface area contributed by atoms with E-state index in [0.717, 1.165) is 5.56 Å². The van der Waals surface area contributed by atoms with Gasteiger partial charge in [-0.2, -0.15) is 0 Å². The quantitative estimate of drug-likeness (QED) is 0.154. The molecule has 0 saturated carbocycles. The smallest absolute Gasteiger partial charge is 0.345 e. The van der Waals surface area contributed by atoms with Crippen LogP contribution in [-0.2, 0) is 20.7 Å². The number of ether oxygens (including phenoxy) is 2. The molecule has 3 aromatic rings. The van der Waals surface area contributed by atoms with E-state index in [1.165, 1.54) is 38.4 Å². The van der Waals surface area contributed by atoms with Crippen molar-refractivity contribution in [1.82, 2.24) is 15.6 Å². The van der Waals surface area contributed by atoms with E-state index in [0.29, 0.717) is 25.1 Å². The van der Waals surface area contributed by atoms with Crippen LogP contribution >= 0.6 is 0 Å². The van der Waals surface area contributed by atoms with Crippen LogP contribution in [0, 0.1) is 0 Å². The normalized spacial score (nSPS) is 11.2. The van der Waals surface area contributed by atoms with Crippen LogP contribution < -0.4 is 20.7 Å². The number of pyridine rings is 1. The topological polar surface area (TPSA) is 176 Å². The highest BCUT2D eigenvalue weighted by molar-refractivity contribution is 6.04. The molecule has 0 radical (unpaired) electrons. The average Bonchev–Trinajstić information content (AvgIpc) is 2.95. The Kier molecular flexibility index (Phi) is 11.0. The van der Waals surface area contributed by atoms with Crippen LogP contribution in [0.5, 0.6) is 17.2 Å². The summed E-state index contributed by atoms with van der Waals surface area (Å²) < 4.78 is 10.3. The number of phenols is 1. The van der Waals surface area contributed by atoms with E-state index < -0.39 is 17.9 Å². The number of carbonyl (C=O) groups excluding carboxylic acids is 4. The summed E-state index contributed by atoms with van der Waals surface area (Å²) in [5.74, 6) is -2.26. The van der Waals surface area contributed by atoms with Crippen LogP contribution in [-0.4, -0.2) is 65.2 Å². The number of amides is 3. The number of aromatic hydroxyl groups is 2. The molecular weight excluding hydrogens is 532 g/mol. The molecule has 1 atom stereocenters. The number of rotatable bonds is 13. The van der Waals surface area contributed by atoms with Gasteiger partial charge in [0.2, 0.25) is 11.8 Å². The summed E-state index contributed by atoms with van der Waals surface area (Å²) in [5.41, 5.74) is 1.06. The first-order valence-electron chi connectivity index (χ1n) is 12.8. The molecule has 0 aliphatic carbocycles. The molecule has 41 heavy (non-hydrogen) atoms. The van der Waals surface area contributed by atoms with E-state index in [9.17, 15) is 29.4 Å². The summed E-state index contributed by atoms with van der Waals surface area (Å²) in [7, 11) is 1.21. The fourth-order valence-electron chi connectivity index (χ4n) is 3.87. The molecule has 0 saturated heterocycles. The number of hydrogen-bond acceptors (Lipinski definition) is 9. The molecule has 12 heteroatoms. The molecule has 1 heterocycles. The predicted octanol–water partition coefficient (Wildman–Crippen LogP) is 2.55. The number of nitrogens with zero attached hydrogens (tertiary/aromatic N) is 1. The molecule has 0 unspecified atom stereocenters. The lowest BCUT2D eigenvalue weighted by Gasteiger charge is -2.18. The fourth-order valence-corrected chi connectivity index (χ4v) is 3.87. The zero-order valence-corrected chi connectivity index (χ0v) is 22.7. The van der Waals surface area contributed by atoms with Gasteiger partial charge in [-0.3, -0.25) is 14.4 Å². The van der Waals surface area contributed by atoms with Gasteiger partial charge in [-0.15, -0.1) is 0 Å². The lowest BCUT2D eigenvalue weighted by Crippen LogP contribution is -2.47. The summed E-state index contributed by atoms with van der Waals surface area (Å²) in [5, 5.41) is 27.8. The monoisotopic (exact) mass is 564 g/mol. The number of benzene rings is 2. The zero-order chi connectivity index (χ0) is 29.8. The standard InChI is InChI=1S/C29H32N4O8/c1-18(34)32-21(17-19-10-12-20(13-11-19)33-28(38)26-23(36)8-6-15-30-26)27(37)31-14-3-4-16-41-24-9-5-7-22(35)25(24)29(39)40-2/h5-13,15,21,35-36H,3-4,14,16-17H2,1-2H3,(H,31,37)(H,32,34)(H,33,38)/t21-/m0/s1. The molecule has 3 amide bonds. The first-order valence-corrected chi connectivity index (χ1v) is 12.8. The van der Waals surface area contributed by atoms with E-state index >= 15 is 0 Å². The Morgan fingerprint density at radius 2 is 1.68 bits per heavy atom. The third-order valence-electron chi connectivity index (χ3n) is 5.87. The molecule has 216 valence electrons. The van der Waals surface area contributed by atoms with Crippen molar-refractivity contribution >= 4 is 29.4 Å². The molecule has 0 spiro atoms. The Bertz CT molecular complexity index is 1380. The largest absolute Gasteiger partial charge is 0.507 e. The number of nitrogens with one attached hydrogen (secondary N) is 3. The summed E-state index contributed by atoms with van der Waals surface area (Å²) in [4.78, 5) is 52.6. The van der Waals surface area contributed by atoms with Crippen LogP contribution in [0.4, 0.5) is 5.69 Å². The van der Waals surface area contributed by atoms with E-state index in [4.69, 9.17) is 4.74 Å². The van der Waals surface area contributed by atoms with Crippen LogP contribution in [0.15, 0.2) is 60.8 Å². The summed E-state index contributed by atoms with van der Waals surface area (Å²) in [6, 6.07) is 13.3. The Hall–Kier alpha value is -5.13. The predicted molar refractivity (Wildman–Crippen MR) is 149 cm³/mol. The van der Waals surface area contributed by atoms with Gasteiger partial charge in [0.25, 0.3) is 5.91 Å². The van der Waals surface area contributed by atoms with Crippen molar-refractivity contribution in [2.45, 2.75) is 32.2 Å². The van der Waals surface area contributed by atoms with Crippen LogP contribution in [0.2, 0.25) is 0 Å². The average molecular weight is 565 g/mol. The van der Waals surface area contributed by atoms with Crippen molar-refractivity contribution in [1.29, 1.82) is 0 Å². The molecule has 0 fully saturated rings. The molecule has 0 bridgehead atoms. The van der Waals surface area contributed by atoms with Crippen LogP contribution in [0.3, 0.4) is 0 Å². The maximum absolute atomic E-state index is 12.8. The van der Waals surface area contributed by atoms with Gasteiger partial charge in [0.1, 0.15) is 28.9 Å². The molecule has 3 rings (SSSR count). The van der Waals surface area contributed by atoms with Crippen molar-refractivity contribution < 1.29 is 38.9 Å². The number of unbranched alkanes of at least 4 members (excludes halogenated alkanes) is 1. The highest BCUT2D eigenvalue weighted by Gasteiger charge is 2.20. The second kappa shape index (κ2) is 14.9. The maximum atomic E-state index is 12.8. The highest BCUT2D eigenvalue weighted by atomic mass is 16.5. The minimum Gasteiger partial charge on any atom is -0.507 e. The first-order chi connectivity index (χ1) is 19.7. The van der Waals surface area contributed by atoms with Crippen molar-refractivity contribution in [3.05, 3.63) is 77.6 Å². The Balaban J connectivity index is 1.48. The third kappa shape index (κ3) is 8.95. The Morgan fingerprint density at radius 1 is 0.951 bits per heavy atom. The maximum Gasteiger partial charge on any atom is 0.345 e. The van der Waals surface area contributed by atoms with Crippen LogP contribution in [0.1, 0.15) is 46.2 Å². The van der Waals surface area contributed by atoms with Gasteiger partial charge in [-0.05, 0) is 54.8 Å². The summed E-state index contributed by atoms with van der Waals surface area (Å²) in [6.07, 6.45) is 2.73. The van der Waals surface area contributed by atoms with Gasteiger partial charge in [0.15, 0.2) is 5.69 Å². The number of carbonyl (C=O) groups is 4. The van der Waals surface area contributed by atoms with Gasteiger partial charge in [-0.25, -0.2) is 9.78 Å².